The number of nitrogens with one attached hydrogen (secondary N) is 1. The Balaban J connectivity index is 3.31. The Bertz CT molecular complexity index is 313. The standard InChI is InChI=1S/C6H12N2O2S/c1-4-5(7)6(2,3)8-11(4,9)10/h8H,7H2,1-3H3. The summed E-state index contributed by atoms with van der Waals surface area (Å²) in [7, 11) is -3.28. The van der Waals surface area contributed by atoms with Crippen LogP contribution in [0.5, 0.6) is 0 Å². The monoisotopic (exact) mass is 176 g/mol. The predicted molar refractivity (Wildman–Crippen MR) is 43.0 cm³/mol. The molecule has 1 aliphatic heterocycles. The van der Waals surface area contributed by atoms with Gasteiger partial charge in [-0.2, -0.15) is 4.72 Å². The van der Waals surface area contributed by atoms with Crippen molar-refractivity contribution in [2.24, 2.45) is 5.73 Å². The summed E-state index contributed by atoms with van der Waals surface area (Å²) in [6.07, 6.45) is 0. The molecular formula is C6H12N2O2S. The molecule has 0 saturated carbocycles. The van der Waals surface area contributed by atoms with E-state index in [2.05, 4.69) is 4.72 Å². The van der Waals surface area contributed by atoms with Gasteiger partial charge in [-0.15, -0.1) is 0 Å². The number of allylic oxidation sites excluding steroid dienone is 1. The third kappa shape index (κ3) is 1.14. The van der Waals surface area contributed by atoms with Gasteiger partial charge in [-0.05, 0) is 20.8 Å². The summed E-state index contributed by atoms with van der Waals surface area (Å²) in [5.41, 5.74) is 5.35. The molecule has 0 bridgehead atoms. The highest BCUT2D eigenvalue weighted by atomic mass is 32.2. The van der Waals surface area contributed by atoms with Crippen LogP contribution in [0.4, 0.5) is 0 Å². The molecule has 11 heavy (non-hydrogen) atoms. The van der Waals surface area contributed by atoms with Gasteiger partial charge in [-0.25, -0.2) is 8.42 Å². The van der Waals surface area contributed by atoms with Crippen molar-refractivity contribution in [2.75, 3.05) is 0 Å². The van der Waals surface area contributed by atoms with Crippen LogP contribution in [0.25, 0.3) is 0 Å². The van der Waals surface area contributed by atoms with Crippen molar-refractivity contribution in [3.05, 3.63) is 10.6 Å². The maximum absolute atomic E-state index is 11.1. The molecule has 1 rings (SSSR count). The smallest absolute Gasteiger partial charge is 0.239 e. The lowest BCUT2D eigenvalue weighted by Crippen LogP contribution is -2.40. The molecule has 0 amide bonds. The normalized spacial score (nSPS) is 27.5. The number of nitrogens with two attached hydrogens (primary N) is 1. The van der Waals surface area contributed by atoms with Crippen LogP contribution in [0.3, 0.4) is 0 Å². The van der Waals surface area contributed by atoms with Gasteiger partial charge in [0.25, 0.3) is 0 Å². The van der Waals surface area contributed by atoms with Crippen LogP contribution in [-0.2, 0) is 10.0 Å². The van der Waals surface area contributed by atoms with E-state index < -0.39 is 15.6 Å². The molecular weight excluding hydrogens is 164 g/mol. The lowest BCUT2D eigenvalue weighted by molar-refractivity contribution is 0.530. The molecule has 0 aliphatic carbocycles. The van der Waals surface area contributed by atoms with Gasteiger partial charge in [0.2, 0.25) is 10.0 Å². The van der Waals surface area contributed by atoms with E-state index in [0.717, 1.165) is 0 Å². The fraction of sp³-hybridized carbons (Fsp3) is 0.667. The van der Waals surface area contributed by atoms with Gasteiger partial charge in [-0.3, -0.25) is 0 Å². The zero-order valence-electron chi connectivity index (χ0n) is 6.80. The van der Waals surface area contributed by atoms with Crippen LogP contribution in [0.1, 0.15) is 20.8 Å². The zero-order chi connectivity index (χ0) is 8.86. The minimum atomic E-state index is -3.28. The van der Waals surface area contributed by atoms with Gasteiger partial charge in [0.1, 0.15) is 0 Å². The van der Waals surface area contributed by atoms with Crippen molar-refractivity contribution in [1.82, 2.24) is 4.72 Å². The van der Waals surface area contributed by atoms with Crippen LogP contribution in [0.15, 0.2) is 10.6 Å². The van der Waals surface area contributed by atoms with E-state index in [1.54, 1.807) is 13.8 Å². The van der Waals surface area contributed by atoms with Crippen molar-refractivity contribution in [3.63, 3.8) is 0 Å². The third-order valence-corrected chi connectivity index (χ3v) is 3.65. The maximum Gasteiger partial charge on any atom is 0.239 e. The van der Waals surface area contributed by atoms with Gasteiger partial charge in [0, 0.05) is 5.70 Å². The van der Waals surface area contributed by atoms with E-state index in [9.17, 15) is 8.42 Å². The second-order valence-electron chi connectivity index (χ2n) is 3.20. The summed E-state index contributed by atoms with van der Waals surface area (Å²) < 4.78 is 24.7. The lowest BCUT2D eigenvalue weighted by atomic mass is 10.0. The second kappa shape index (κ2) is 1.98. The van der Waals surface area contributed by atoms with Crippen LogP contribution < -0.4 is 10.5 Å². The SMILES string of the molecule is CC1=C(N)C(C)(C)NS1(=O)=O. The Morgan fingerprint density at radius 3 is 2.00 bits per heavy atom. The number of hydrogen-bond donors (Lipinski definition) is 2. The molecule has 0 aromatic carbocycles. The van der Waals surface area contributed by atoms with Crippen molar-refractivity contribution in [2.45, 2.75) is 26.3 Å². The molecule has 0 atom stereocenters. The topological polar surface area (TPSA) is 72.2 Å². The van der Waals surface area contributed by atoms with E-state index in [4.69, 9.17) is 5.73 Å². The average molecular weight is 176 g/mol. The predicted octanol–water partition coefficient (Wildman–Crippen LogP) is -0.112. The molecule has 5 heteroatoms. The minimum Gasteiger partial charge on any atom is -0.400 e. The highest BCUT2D eigenvalue weighted by molar-refractivity contribution is 7.93. The molecule has 3 N–H and O–H groups in total. The molecule has 0 aromatic heterocycles. The van der Waals surface area contributed by atoms with E-state index in [1.165, 1.54) is 6.92 Å². The number of sulfonamides is 1. The van der Waals surface area contributed by atoms with Gasteiger partial charge in [0.15, 0.2) is 0 Å². The molecule has 1 aliphatic rings. The number of rotatable bonds is 0. The molecule has 0 radical (unpaired) electrons. The highest BCUT2D eigenvalue weighted by Gasteiger charge is 2.38. The molecule has 0 spiro atoms. The molecule has 0 saturated heterocycles. The summed E-state index contributed by atoms with van der Waals surface area (Å²) in [5, 5.41) is 0. The summed E-state index contributed by atoms with van der Waals surface area (Å²) in [6, 6.07) is 0. The maximum atomic E-state index is 11.1. The van der Waals surface area contributed by atoms with E-state index in [1.807, 2.05) is 0 Å². The fourth-order valence-corrected chi connectivity index (χ4v) is 2.53. The quantitative estimate of drug-likeness (QED) is 0.541. The molecule has 0 aromatic rings. The Morgan fingerprint density at radius 1 is 1.45 bits per heavy atom. The Morgan fingerprint density at radius 2 is 1.91 bits per heavy atom. The molecule has 64 valence electrons. The minimum absolute atomic E-state index is 0.238. The van der Waals surface area contributed by atoms with Gasteiger partial charge in [-0.1, -0.05) is 0 Å². The van der Waals surface area contributed by atoms with Gasteiger partial charge >= 0.3 is 0 Å². The van der Waals surface area contributed by atoms with Crippen molar-refractivity contribution in [1.29, 1.82) is 0 Å². The Labute approximate surface area is 66.5 Å². The first-order valence-corrected chi connectivity index (χ1v) is 4.76. The fourth-order valence-electron chi connectivity index (χ4n) is 1.05. The second-order valence-corrected chi connectivity index (χ2v) is 5.02. The van der Waals surface area contributed by atoms with Crippen molar-refractivity contribution in [3.8, 4) is 0 Å². The van der Waals surface area contributed by atoms with Crippen molar-refractivity contribution < 1.29 is 8.42 Å². The summed E-state index contributed by atoms with van der Waals surface area (Å²) in [4.78, 5) is 0.238. The molecule has 1 heterocycles. The van der Waals surface area contributed by atoms with Crippen LogP contribution in [-0.4, -0.2) is 14.0 Å². The highest BCUT2D eigenvalue weighted by Crippen LogP contribution is 2.26. The van der Waals surface area contributed by atoms with Crippen LogP contribution >= 0.6 is 0 Å². The molecule has 4 nitrogen and oxygen atoms in total. The summed E-state index contributed by atoms with van der Waals surface area (Å²) in [5.74, 6) is 0. The van der Waals surface area contributed by atoms with Crippen LogP contribution in [0, 0.1) is 0 Å². The first-order valence-electron chi connectivity index (χ1n) is 3.28. The zero-order valence-corrected chi connectivity index (χ0v) is 7.62. The van der Waals surface area contributed by atoms with E-state index in [0.29, 0.717) is 5.70 Å². The average Bonchev–Trinajstić information content (AvgIpc) is 1.91. The van der Waals surface area contributed by atoms with Crippen molar-refractivity contribution >= 4 is 10.0 Å². The van der Waals surface area contributed by atoms with Gasteiger partial charge < -0.3 is 5.73 Å². The Kier molecular flexibility index (Phi) is 1.54. The van der Waals surface area contributed by atoms with E-state index in [-0.39, 0.29) is 4.91 Å². The van der Waals surface area contributed by atoms with Gasteiger partial charge in [0.05, 0.1) is 10.4 Å². The third-order valence-electron chi connectivity index (χ3n) is 1.85. The first kappa shape index (κ1) is 8.55. The number of hydrogen-bond acceptors (Lipinski definition) is 3. The largest absolute Gasteiger partial charge is 0.400 e. The van der Waals surface area contributed by atoms with E-state index >= 15 is 0 Å². The molecule has 0 fully saturated rings. The summed E-state index contributed by atoms with van der Waals surface area (Å²) in [6.45, 7) is 4.97. The molecule has 0 unspecified atom stereocenters. The summed E-state index contributed by atoms with van der Waals surface area (Å²) >= 11 is 0. The van der Waals surface area contributed by atoms with Crippen LogP contribution in [0.2, 0.25) is 0 Å². The Hall–Kier alpha value is -0.550. The lowest BCUT2D eigenvalue weighted by Gasteiger charge is -2.17. The first-order chi connectivity index (χ1) is 4.77.